The van der Waals surface area contributed by atoms with E-state index in [1.807, 2.05) is 0 Å². The molecule has 4 nitrogen and oxygen atoms in total. The van der Waals surface area contributed by atoms with Crippen LogP contribution < -0.4 is 4.90 Å². The molecule has 150 valence electrons. The van der Waals surface area contributed by atoms with Crippen molar-refractivity contribution in [2.75, 3.05) is 4.90 Å². The van der Waals surface area contributed by atoms with Crippen LogP contribution in [0, 0.1) is 0 Å². The van der Waals surface area contributed by atoms with Crippen LogP contribution in [0.4, 0.5) is 36.4 Å². The lowest BCUT2D eigenvalue weighted by atomic mass is 9.98. The van der Waals surface area contributed by atoms with E-state index in [-0.39, 0.29) is 5.56 Å². The third-order valence-electron chi connectivity index (χ3n) is 4.21. The molecule has 1 aromatic carbocycles. The van der Waals surface area contributed by atoms with Gasteiger partial charge in [-0.25, -0.2) is 8.78 Å². The molecule has 11 heteroatoms. The smallest absolute Gasteiger partial charge is 0.382 e. The molecule has 0 spiro atoms. The van der Waals surface area contributed by atoms with Crippen LogP contribution in [-0.4, -0.2) is 22.4 Å². The van der Waals surface area contributed by atoms with Crippen molar-refractivity contribution >= 4 is 11.6 Å². The van der Waals surface area contributed by atoms with Crippen molar-refractivity contribution in [1.82, 2.24) is 4.98 Å². The van der Waals surface area contributed by atoms with Gasteiger partial charge in [0.25, 0.3) is 6.43 Å². The number of pyridine rings is 1. The molecule has 0 saturated carbocycles. The summed E-state index contributed by atoms with van der Waals surface area (Å²) in [6, 6.07) is 4.68. The Labute approximate surface area is 153 Å². The first-order valence-corrected chi connectivity index (χ1v) is 7.76. The molecule has 1 aliphatic rings. The number of halogens is 7. The summed E-state index contributed by atoms with van der Waals surface area (Å²) in [6.45, 7) is -0.665. The Morgan fingerprint density at radius 1 is 1.18 bits per heavy atom. The maximum atomic E-state index is 14.5. The van der Waals surface area contributed by atoms with Gasteiger partial charge in [-0.1, -0.05) is 12.1 Å². The molecule has 1 unspecified atom stereocenters. The lowest BCUT2D eigenvalue weighted by Gasteiger charge is -2.18. The Morgan fingerprint density at radius 2 is 1.86 bits per heavy atom. The number of amides is 1. The van der Waals surface area contributed by atoms with Crippen molar-refractivity contribution in [1.29, 1.82) is 0 Å². The highest BCUT2D eigenvalue weighted by molar-refractivity contribution is 6.06. The van der Waals surface area contributed by atoms with Gasteiger partial charge in [-0.05, 0) is 29.3 Å². The summed E-state index contributed by atoms with van der Waals surface area (Å²) in [5.74, 6) is -6.01. The summed E-state index contributed by atoms with van der Waals surface area (Å²) in [7, 11) is 0. The van der Waals surface area contributed by atoms with E-state index < -0.39 is 59.6 Å². The van der Waals surface area contributed by atoms with Gasteiger partial charge in [0.05, 0.1) is 17.8 Å². The molecule has 1 amide bonds. The van der Waals surface area contributed by atoms with E-state index in [9.17, 15) is 40.6 Å². The number of nitrogens with zero attached hydrogens (tertiary/aromatic N) is 2. The average molecular weight is 408 g/mol. The topological polar surface area (TPSA) is 53.4 Å². The fourth-order valence-corrected chi connectivity index (χ4v) is 2.96. The van der Waals surface area contributed by atoms with Crippen molar-refractivity contribution in [3.05, 3.63) is 58.9 Å². The molecule has 1 aromatic heterocycles. The average Bonchev–Trinajstić information content (AvgIpc) is 2.81. The number of hydrogen-bond acceptors (Lipinski definition) is 3. The zero-order valence-electron chi connectivity index (χ0n) is 13.7. The number of aliphatic hydroxyl groups excluding tert-OH is 1. The van der Waals surface area contributed by atoms with Crippen molar-refractivity contribution in [2.45, 2.75) is 31.2 Å². The predicted molar refractivity (Wildman–Crippen MR) is 81.7 cm³/mol. The van der Waals surface area contributed by atoms with E-state index in [1.165, 1.54) is 0 Å². The van der Waals surface area contributed by atoms with E-state index in [0.29, 0.717) is 11.0 Å². The van der Waals surface area contributed by atoms with Gasteiger partial charge in [0.15, 0.2) is 0 Å². The number of hydrogen-bond donors (Lipinski definition) is 1. The van der Waals surface area contributed by atoms with Crippen LogP contribution in [-0.2, 0) is 23.4 Å². The van der Waals surface area contributed by atoms with E-state index in [0.717, 1.165) is 30.5 Å². The molecule has 28 heavy (non-hydrogen) atoms. The maximum absolute atomic E-state index is 14.5. The van der Waals surface area contributed by atoms with Crippen LogP contribution in [0.1, 0.15) is 28.5 Å². The summed E-state index contributed by atoms with van der Waals surface area (Å²) in [6.07, 6.45) is -9.89. The van der Waals surface area contributed by atoms with Gasteiger partial charge in [-0.15, -0.1) is 0 Å². The molecule has 1 N–H and O–H groups in total. The first-order valence-electron chi connectivity index (χ1n) is 7.76. The van der Waals surface area contributed by atoms with Gasteiger partial charge in [0.1, 0.15) is 11.8 Å². The molecule has 0 bridgehead atoms. The Morgan fingerprint density at radius 3 is 2.46 bits per heavy atom. The van der Waals surface area contributed by atoms with Crippen LogP contribution in [0.2, 0.25) is 0 Å². The van der Waals surface area contributed by atoms with Gasteiger partial charge < -0.3 is 10.0 Å². The zero-order chi connectivity index (χ0) is 20.9. The largest absolute Gasteiger partial charge is 0.433 e. The fraction of sp³-hybridized carbons (Fsp3) is 0.294. The van der Waals surface area contributed by atoms with Crippen molar-refractivity contribution in [2.24, 2.45) is 0 Å². The van der Waals surface area contributed by atoms with Crippen LogP contribution >= 0.6 is 0 Å². The standard InChI is InChI=1S/C17H11F7N2O2/c18-14(19)13(27)9-2-1-3-10-12(9)16(20,21)15(28)26(10)7-8-4-5-25-11(6-8)17(22,23)24/h1-6,13-14,27H,7H2. The number of carbonyl (C=O) groups excluding carboxylic acids is 1. The lowest BCUT2D eigenvalue weighted by Crippen LogP contribution is -2.34. The Balaban J connectivity index is 2.05. The maximum Gasteiger partial charge on any atom is 0.433 e. The van der Waals surface area contributed by atoms with Gasteiger partial charge in [-0.2, -0.15) is 22.0 Å². The molecule has 0 saturated heterocycles. The Kier molecular flexibility index (Phi) is 4.82. The molecular weight excluding hydrogens is 397 g/mol. The first-order chi connectivity index (χ1) is 12.9. The normalized spacial score (nSPS) is 17.2. The molecular formula is C17H11F7N2O2. The van der Waals surface area contributed by atoms with Crippen molar-refractivity contribution < 1.29 is 40.6 Å². The molecule has 1 atom stereocenters. The van der Waals surface area contributed by atoms with E-state index in [1.54, 1.807) is 0 Å². The second-order valence-corrected chi connectivity index (χ2v) is 6.03. The zero-order valence-corrected chi connectivity index (χ0v) is 13.7. The van der Waals surface area contributed by atoms with Gasteiger partial charge in [-0.3, -0.25) is 9.78 Å². The van der Waals surface area contributed by atoms with Crippen molar-refractivity contribution in [3.8, 4) is 0 Å². The number of anilines is 1. The highest BCUT2D eigenvalue weighted by Gasteiger charge is 2.55. The minimum atomic E-state index is -4.78. The molecule has 2 heterocycles. The highest BCUT2D eigenvalue weighted by atomic mass is 19.4. The number of alkyl halides is 7. The quantitative estimate of drug-likeness (QED) is 0.778. The monoisotopic (exact) mass is 408 g/mol. The third kappa shape index (κ3) is 3.30. The summed E-state index contributed by atoms with van der Waals surface area (Å²) >= 11 is 0. The molecule has 2 aromatic rings. The summed E-state index contributed by atoms with van der Waals surface area (Å²) in [5, 5.41) is 9.54. The number of benzene rings is 1. The molecule has 0 fully saturated rings. The molecule has 3 rings (SSSR count). The SMILES string of the molecule is O=C1N(Cc2ccnc(C(F)(F)F)c2)c2cccc(C(O)C(F)F)c2C1(F)F. The minimum absolute atomic E-state index is 0.140. The Hall–Kier alpha value is -2.69. The lowest BCUT2D eigenvalue weighted by molar-refractivity contribution is -0.142. The van der Waals surface area contributed by atoms with E-state index in [2.05, 4.69) is 4.98 Å². The number of aromatic nitrogens is 1. The van der Waals surface area contributed by atoms with Crippen LogP contribution in [0.25, 0.3) is 0 Å². The fourth-order valence-electron chi connectivity index (χ4n) is 2.96. The molecule has 0 aliphatic carbocycles. The van der Waals surface area contributed by atoms with E-state index in [4.69, 9.17) is 0 Å². The summed E-state index contributed by atoms with van der Waals surface area (Å²) in [5.41, 5.74) is -3.78. The second-order valence-electron chi connectivity index (χ2n) is 6.03. The minimum Gasteiger partial charge on any atom is -0.382 e. The number of carbonyl (C=O) groups is 1. The Bertz CT molecular complexity index is 915. The van der Waals surface area contributed by atoms with E-state index >= 15 is 0 Å². The molecule has 0 radical (unpaired) electrons. The molecule has 1 aliphatic heterocycles. The van der Waals surface area contributed by atoms with Gasteiger partial charge in [0, 0.05) is 6.20 Å². The van der Waals surface area contributed by atoms with Crippen LogP contribution in [0.3, 0.4) is 0 Å². The second kappa shape index (κ2) is 6.73. The highest BCUT2D eigenvalue weighted by Crippen LogP contribution is 2.48. The first kappa shape index (κ1) is 20.1. The van der Waals surface area contributed by atoms with Crippen LogP contribution in [0.15, 0.2) is 36.5 Å². The third-order valence-corrected chi connectivity index (χ3v) is 4.21. The van der Waals surface area contributed by atoms with Crippen molar-refractivity contribution in [3.63, 3.8) is 0 Å². The van der Waals surface area contributed by atoms with Crippen LogP contribution in [0.5, 0.6) is 0 Å². The number of fused-ring (bicyclic) bond motifs is 1. The number of aliphatic hydroxyl groups is 1. The van der Waals surface area contributed by atoms with Gasteiger partial charge >= 0.3 is 18.0 Å². The van der Waals surface area contributed by atoms with Gasteiger partial charge in [0.2, 0.25) is 0 Å². The summed E-state index contributed by atoms with van der Waals surface area (Å²) in [4.78, 5) is 15.8. The number of rotatable bonds is 4. The summed E-state index contributed by atoms with van der Waals surface area (Å²) < 4.78 is 93.0. The predicted octanol–water partition coefficient (Wildman–Crippen LogP) is 4.04.